The first kappa shape index (κ1) is 23.7. The molecule has 10 nitrogen and oxygen atoms in total. The van der Waals surface area contributed by atoms with Gasteiger partial charge in [0.25, 0.3) is 0 Å². The molecule has 1 rings (SSSR count). The smallest absolute Gasteiger partial charge is 0.152 e. The standard InChI is InChI=1S/C14H30N2O8S2/c1-16(6-2-10-25(18,19)20,7-3-11-26(21,22)23)13-14(17)12-15-4-8-24-9-5-15/h14,17H,2-13H2,1H3,(H-,18,19,20,21,22,23). The van der Waals surface area contributed by atoms with Crippen molar-refractivity contribution in [3.63, 3.8) is 0 Å². The van der Waals surface area contributed by atoms with Crippen LogP contribution in [-0.4, -0.2) is 113 Å². The third kappa shape index (κ3) is 11.4. The van der Waals surface area contributed by atoms with E-state index in [1.165, 1.54) is 4.90 Å². The normalized spacial score (nSPS) is 18.8. The summed E-state index contributed by atoms with van der Waals surface area (Å²) in [6.07, 6.45) is -0.437. The van der Waals surface area contributed by atoms with Crippen molar-refractivity contribution in [2.75, 3.05) is 71.0 Å². The van der Waals surface area contributed by atoms with Crippen LogP contribution in [0.3, 0.4) is 0 Å². The lowest BCUT2D eigenvalue weighted by molar-refractivity contribution is -0.932. The molecule has 0 aromatic rings. The van der Waals surface area contributed by atoms with Crippen LogP contribution in [0.4, 0.5) is 0 Å². The SMILES string of the molecule is C[N+](CCCS(=O)(=O)[O-])(CCCS(=O)(=O)[O-])CC(O)C[NH+]1CCOCC1. The number of nitrogens with zero attached hydrogens (tertiary/aromatic N) is 1. The van der Waals surface area contributed by atoms with E-state index in [4.69, 9.17) is 4.74 Å². The van der Waals surface area contributed by atoms with Crippen molar-refractivity contribution in [3.8, 4) is 0 Å². The average Bonchev–Trinajstić information content (AvgIpc) is 2.45. The predicted molar refractivity (Wildman–Crippen MR) is 91.5 cm³/mol. The molecule has 0 aromatic carbocycles. The molecule has 1 unspecified atom stereocenters. The van der Waals surface area contributed by atoms with Gasteiger partial charge in [0.05, 0.1) is 53.6 Å². The summed E-state index contributed by atoms with van der Waals surface area (Å²) < 4.78 is 70.3. The van der Waals surface area contributed by atoms with Gasteiger partial charge < -0.3 is 28.3 Å². The van der Waals surface area contributed by atoms with Gasteiger partial charge in [0.2, 0.25) is 0 Å². The van der Waals surface area contributed by atoms with E-state index in [-0.39, 0.29) is 17.3 Å². The van der Waals surface area contributed by atoms with E-state index in [9.17, 15) is 31.0 Å². The number of aliphatic hydroxyl groups is 1. The zero-order valence-corrected chi connectivity index (χ0v) is 16.8. The van der Waals surface area contributed by atoms with Crippen LogP contribution in [-0.2, 0) is 25.0 Å². The topological polar surface area (TPSA) is 148 Å². The summed E-state index contributed by atoms with van der Waals surface area (Å²) in [7, 11) is -6.89. The van der Waals surface area contributed by atoms with Crippen LogP contribution in [0.2, 0.25) is 0 Å². The second-order valence-corrected chi connectivity index (χ2v) is 10.2. The lowest BCUT2D eigenvalue weighted by atomic mass is 10.2. The van der Waals surface area contributed by atoms with E-state index >= 15 is 0 Å². The second kappa shape index (κ2) is 10.3. The highest BCUT2D eigenvalue weighted by Crippen LogP contribution is 2.09. The van der Waals surface area contributed by atoms with E-state index in [0.29, 0.717) is 39.4 Å². The van der Waals surface area contributed by atoms with Crippen molar-refractivity contribution in [1.82, 2.24) is 0 Å². The minimum atomic E-state index is -4.33. The second-order valence-electron chi connectivity index (χ2n) is 7.20. The summed E-state index contributed by atoms with van der Waals surface area (Å²) in [4.78, 5) is 1.21. The third-order valence-electron chi connectivity index (χ3n) is 4.56. The maximum absolute atomic E-state index is 10.8. The monoisotopic (exact) mass is 418 g/mol. The number of rotatable bonds is 12. The van der Waals surface area contributed by atoms with Gasteiger partial charge in [-0.1, -0.05) is 0 Å². The van der Waals surface area contributed by atoms with E-state index in [1.54, 1.807) is 7.05 Å². The molecule has 0 aromatic heterocycles. The molecule has 0 aliphatic carbocycles. The summed E-state index contributed by atoms with van der Waals surface area (Å²) >= 11 is 0. The van der Waals surface area contributed by atoms with E-state index in [1.807, 2.05) is 0 Å². The largest absolute Gasteiger partial charge is 0.748 e. The number of aliphatic hydroxyl groups excluding tert-OH is 1. The molecule has 1 aliphatic rings. The molecule has 0 radical (unpaired) electrons. The number of hydrogen-bond acceptors (Lipinski definition) is 8. The van der Waals surface area contributed by atoms with Gasteiger partial charge >= 0.3 is 0 Å². The molecule has 156 valence electrons. The number of quaternary nitrogens is 2. The first-order chi connectivity index (χ1) is 11.9. The molecule has 0 spiro atoms. The highest BCUT2D eigenvalue weighted by Gasteiger charge is 2.28. The lowest BCUT2D eigenvalue weighted by Crippen LogP contribution is -3.15. The van der Waals surface area contributed by atoms with Crippen molar-refractivity contribution < 1.29 is 45.2 Å². The predicted octanol–water partition coefficient (Wildman–Crippen LogP) is -3.42. The van der Waals surface area contributed by atoms with Gasteiger partial charge in [-0.05, 0) is 0 Å². The molecule has 0 saturated carbocycles. The minimum absolute atomic E-state index is 0.115. The molecule has 2 N–H and O–H groups in total. The Kier molecular flexibility index (Phi) is 9.36. The van der Waals surface area contributed by atoms with Crippen LogP contribution in [0, 0.1) is 0 Å². The van der Waals surface area contributed by atoms with E-state index < -0.39 is 37.8 Å². The molecule has 1 fully saturated rings. The van der Waals surface area contributed by atoms with Crippen LogP contribution < -0.4 is 4.90 Å². The number of nitrogens with one attached hydrogen (secondary N) is 1. The number of ether oxygens (including phenoxy) is 1. The molecule has 1 heterocycles. The fraction of sp³-hybridized carbons (Fsp3) is 1.00. The Morgan fingerprint density at radius 2 is 1.50 bits per heavy atom. The summed E-state index contributed by atoms with van der Waals surface area (Å²) in [6, 6.07) is 0. The minimum Gasteiger partial charge on any atom is -0.748 e. The van der Waals surface area contributed by atoms with Gasteiger partial charge in [0.1, 0.15) is 26.2 Å². The van der Waals surface area contributed by atoms with Gasteiger partial charge in [-0.15, -0.1) is 0 Å². The molecule has 12 heteroatoms. The maximum Gasteiger partial charge on any atom is 0.152 e. The Morgan fingerprint density at radius 1 is 1.04 bits per heavy atom. The average molecular weight is 419 g/mol. The highest BCUT2D eigenvalue weighted by atomic mass is 32.2. The molecule has 1 saturated heterocycles. The van der Waals surface area contributed by atoms with Crippen molar-refractivity contribution in [1.29, 1.82) is 0 Å². The third-order valence-corrected chi connectivity index (χ3v) is 6.14. The van der Waals surface area contributed by atoms with Crippen molar-refractivity contribution in [2.45, 2.75) is 18.9 Å². The summed E-state index contributed by atoms with van der Waals surface area (Å²) in [6.45, 7) is 4.27. The molecular formula is C14H30N2O8S2. The maximum atomic E-state index is 10.8. The lowest BCUT2D eigenvalue weighted by Gasteiger charge is -2.37. The Balaban J connectivity index is 2.61. The van der Waals surface area contributed by atoms with Crippen LogP contribution in [0.15, 0.2) is 0 Å². The Morgan fingerprint density at radius 3 is 1.92 bits per heavy atom. The first-order valence-electron chi connectivity index (χ1n) is 8.69. The molecular weight excluding hydrogens is 388 g/mol. The summed E-state index contributed by atoms with van der Waals surface area (Å²) in [5.41, 5.74) is 0. The number of likely N-dealkylation sites (N-methyl/N-ethyl adjacent to an activating group) is 1. The Bertz CT molecular complexity index is 579. The molecule has 0 amide bonds. The fourth-order valence-electron chi connectivity index (χ4n) is 3.31. The fourth-order valence-corrected chi connectivity index (χ4v) is 4.28. The van der Waals surface area contributed by atoms with Crippen molar-refractivity contribution >= 4 is 20.2 Å². The molecule has 1 aliphatic heterocycles. The zero-order valence-electron chi connectivity index (χ0n) is 15.1. The van der Waals surface area contributed by atoms with Gasteiger partial charge in [-0.3, -0.25) is 0 Å². The van der Waals surface area contributed by atoms with Gasteiger partial charge in [0.15, 0.2) is 6.10 Å². The quantitative estimate of drug-likeness (QED) is 0.246. The van der Waals surface area contributed by atoms with Crippen LogP contribution in [0.25, 0.3) is 0 Å². The molecule has 0 bridgehead atoms. The van der Waals surface area contributed by atoms with Crippen LogP contribution in [0.5, 0.6) is 0 Å². The van der Waals surface area contributed by atoms with Gasteiger partial charge in [-0.25, -0.2) is 16.8 Å². The number of morpholine rings is 1. The van der Waals surface area contributed by atoms with Crippen molar-refractivity contribution in [3.05, 3.63) is 0 Å². The zero-order chi connectivity index (χ0) is 19.8. The Hall–Kier alpha value is -0.340. The highest BCUT2D eigenvalue weighted by molar-refractivity contribution is 7.85. The molecule has 26 heavy (non-hydrogen) atoms. The first-order valence-corrected chi connectivity index (χ1v) is 11.8. The van der Waals surface area contributed by atoms with Crippen molar-refractivity contribution in [2.24, 2.45) is 0 Å². The number of hydrogen-bond donors (Lipinski definition) is 2. The molecule has 1 atom stereocenters. The van der Waals surface area contributed by atoms with E-state index in [2.05, 4.69) is 0 Å². The summed E-state index contributed by atoms with van der Waals surface area (Å²) in [5.74, 6) is -1.02. The van der Waals surface area contributed by atoms with Crippen LogP contribution >= 0.6 is 0 Å². The Labute approximate surface area is 155 Å². The van der Waals surface area contributed by atoms with E-state index in [0.717, 1.165) is 13.1 Å². The van der Waals surface area contributed by atoms with Crippen LogP contribution in [0.1, 0.15) is 12.8 Å². The van der Waals surface area contributed by atoms with Gasteiger partial charge in [-0.2, -0.15) is 0 Å². The van der Waals surface area contributed by atoms with Gasteiger partial charge in [0, 0.05) is 24.3 Å². The summed E-state index contributed by atoms with van der Waals surface area (Å²) in [5, 5.41) is 10.4.